The summed E-state index contributed by atoms with van der Waals surface area (Å²) in [5.41, 5.74) is 2.72. The summed E-state index contributed by atoms with van der Waals surface area (Å²) in [7, 11) is 0. The van der Waals surface area contributed by atoms with E-state index in [-0.39, 0.29) is 11.6 Å². The lowest BCUT2D eigenvalue weighted by molar-refractivity contribution is -0.384. The van der Waals surface area contributed by atoms with Crippen LogP contribution in [-0.4, -0.2) is 27.1 Å². The van der Waals surface area contributed by atoms with Gasteiger partial charge < -0.3 is 15.3 Å². The Morgan fingerprint density at radius 2 is 1.73 bits per heavy atom. The number of non-ortho nitro benzene ring substituents is 1. The molecule has 2 aromatic carbocycles. The number of aromatic amines is 2. The average molecular weight is 348 g/mol. The normalized spacial score (nSPS) is 10.9. The van der Waals surface area contributed by atoms with Crippen molar-refractivity contribution >= 4 is 45.4 Å². The third kappa shape index (κ3) is 2.69. The van der Waals surface area contributed by atoms with Gasteiger partial charge in [-0.25, -0.2) is 0 Å². The van der Waals surface area contributed by atoms with Gasteiger partial charge in [-0.15, -0.1) is 0 Å². The van der Waals surface area contributed by atoms with Crippen LogP contribution >= 0.6 is 0 Å². The van der Waals surface area contributed by atoms with E-state index in [1.165, 1.54) is 12.1 Å². The fraction of sp³-hybridized carbons (Fsp3) is 0. The zero-order chi connectivity index (χ0) is 18.3. The van der Waals surface area contributed by atoms with Gasteiger partial charge in [0.1, 0.15) is 5.69 Å². The number of carbonyl (C=O) groups is 2. The molecule has 2 heterocycles. The highest BCUT2D eigenvalue weighted by Gasteiger charge is 2.13. The molecule has 8 nitrogen and oxygen atoms in total. The fourth-order valence-corrected chi connectivity index (χ4v) is 2.85. The number of aromatic nitrogens is 2. The van der Waals surface area contributed by atoms with Gasteiger partial charge in [0.2, 0.25) is 0 Å². The molecule has 0 aliphatic rings. The number of amides is 1. The van der Waals surface area contributed by atoms with E-state index in [0.29, 0.717) is 28.0 Å². The van der Waals surface area contributed by atoms with Crippen molar-refractivity contribution in [3.8, 4) is 0 Å². The number of hydrogen-bond acceptors (Lipinski definition) is 4. The molecule has 0 unspecified atom stereocenters. The van der Waals surface area contributed by atoms with Crippen LogP contribution in [0.4, 0.5) is 11.4 Å². The van der Waals surface area contributed by atoms with Gasteiger partial charge in [-0.1, -0.05) is 0 Å². The van der Waals surface area contributed by atoms with Crippen LogP contribution in [0.2, 0.25) is 0 Å². The lowest BCUT2D eigenvalue weighted by Crippen LogP contribution is -2.11. The number of nitro groups is 1. The second kappa shape index (κ2) is 5.85. The lowest BCUT2D eigenvalue weighted by Gasteiger charge is -2.03. The van der Waals surface area contributed by atoms with Gasteiger partial charge in [0.15, 0.2) is 6.29 Å². The maximum absolute atomic E-state index is 12.5. The van der Waals surface area contributed by atoms with Crippen LogP contribution in [0.3, 0.4) is 0 Å². The second-order valence-corrected chi connectivity index (χ2v) is 5.81. The molecule has 4 aromatic rings. The average Bonchev–Trinajstić information content (AvgIpc) is 3.24. The molecule has 1 amide bonds. The highest BCUT2D eigenvalue weighted by atomic mass is 16.6. The molecule has 3 N–H and O–H groups in total. The van der Waals surface area contributed by atoms with Crippen LogP contribution in [0, 0.1) is 10.1 Å². The fourth-order valence-electron chi connectivity index (χ4n) is 2.85. The summed E-state index contributed by atoms with van der Waals surface area (Å²) < 4.78 is 0. The predicted octanol–water partition coefficient (Wildman–Crippen LogP) is 3.62. The van der Waals surface area contributed by atoms with Crippen molar-refractivity contribution in [1.82, 2.24) is 9.97 Å². The van der Waals surface area contributed by atoms with Gasteiger partial charge in [0.05, 0.1) is 10.6 Å². The summed E-state index contributed by atoms with van der Waals surface area (Å²) in [6.07, 6.45) is 0.724. The smallest absolute Gasteiger partial charge is 0.272 e. The Morgan fingerprint density at radius 3 is 2.50 bits per heavy atom. The van der Waals surface area contributed by atoms with Crippen LogP contribution < -0.4 is 5.32 Å². The van der Waals surface area contributed by atoms with Gasteiger partial charge >= 0.3 is 0 Å². The minimum absolute atomic E-state index is 0.0349. The molecule has 26 heavy (non-hydrogen) atoms. The van der Waals surface area contributed by atoms with Gasteiger partial charge in [0, 0.05) is 39.6 Å². The molecular weight excluding hydrogens is 336 g/mol. The van der Waals surface area contributed by atoms with Gasteiger partial charge in [-0.05, 0) is 36.4 Å². The number of hydrogen-bond donors (Lipinski definition) is 3. The maximum atomic E-state index is 12.5. The van der Waals surface area contributed by atoms with E-state index in [0.717, 1.165) is 17.2 Å². The SMILES string of the molecule is O=Cc1cc2cc(NC(=O)c3cc4cc([N+](=O)[O-])ccc4[nH]3)ccc2[nH]1. The molecule has 2 aromatic heterocycles. The Balaban J connectivity index is 1.62. The monoisotopic (exact) mass is 348 g/mol. The molecule has 0 bridgehead atoms. The number of H-pyrrole nitrogens is 2. The number of anilines is 1. The number of carbonyl (C=O) groups excluding carboxylic acids is 2. The Bertz CT molecular complexity index is 1190. The highest BCUT2D eigenvalue weighted by Crippen LogP contribution is 2.23. The number of nitro benzene ring substituents is 1. The van der Waals surface area contributed by atoms with E-state index >= 15 is 0 Å². The quantitative estimate of drug-likeness (QED) is 0.296. The van der Waals surface area contributed by atoms with Crippen molar-refractivity contribution in [2.24, 2.45) is 0 Å². The standard InChI is InChI=1S/C18H12N4O4/c23-9-13-6-10-5-12(1-3-15(10)19-13)20-18(24)17-8-11-7-14(22(25)26)2-4-16(11)21-17/h1-9,19,21H,(H,20,24). The Labute approximate surface area is 146 Å². The number of fused-ring (bicyclic) bond motifs is 2. The summed E-state index contributed by atoms with van der Waals surface area (Å²) in [6.45, 7) is 0. The first-order valence-corrected chi connectivity index (χ1v) is 7.70. The molecule has 128 valence electrons. The topological polar surface area (TPSA) is 121 Å². The largest absolute Gasteiger partial charge is 0.352 e. The van der Waals surface area contributed by atoms with Crippen molar-refractivity contribution in [1.29, 1.82) is 0 Å². The molecule has 0 radical (unpaired) electrons. The van der Waals surface area contributed by atoms with Crippen molar-refractivity contribution < 1.29 is 14.5 Å². The van der Waals surface area contributed by atoms with Crippen LogP contribution in [0.5, 0.6) is 0 Å². The van der Waals surface area contributed by atoms with Gasteiger partial charge in [-0.3, -0.25) is 19.7 Å². The first-order chi connectivity index (χ1) is 12.5. The number of nitrogens with zero attached hydrogens (tertiary/aromatic N) is 1. The predicted molar refractivity (Wildman–Crippen MR) is 96.6 cm³/mol. The minimum Gasteiger partial charge on any atom is -0.352 e. The van der Waals surface area contributed by atoms with Crippen molar-refractivity contribution in [3.63, 3.8) is 0 Å². The van der Waals surface area contributed by atoms with Crippen molar-refractivity contribution in [2.75, 3.05) is 5.32 Å². The summed E-state index contributed by atoms with van der Waals surface area (Å²) in [4.78, 5) is 39.5. The molecule has 0 saturated heterocycles. The van der Waals surface area contributed by atoms with E-state index in [9.17, 15) is 19.7 Å². The first kappa shape index (κ1) is 15.6. The first-order valence-electron chi connectivity index (χ1n) is 7.70. The molecule has 4 rings (SSSR count). The third-order valence-electron chi connectivity index (χ3n) is 4.09. The van der Waals surface area contributed by atoms with Gasteiger partial charge in [0.25, 0.3) is 11.6 Å². The van der Waals surface area contributed by atoms with E-state index in [4.69, 9.17) is 0 Å². The summed E-state index contributed by atoms with van der Waals surface area (Å²) in [6, 6.07) is 12.9. The molecule has 0 atom stereocenters. The van der Waals surface area contributed by atoms with E-state index < -0.39 is 4.92 Å². The molecule has 0 aliphatic heterocycles. The number of aldehydes is 1. The highest BCUT2D eigenvalue weighted by molar-refractivity contribution is 6.07. The number of benzene rings is 2. The molecule has 0 aliphatic carbocycles. The molecule has 0 fully saturated rings. The Hall–Kier alpha value is -3.94. The summed E-state index contributed by atoms with van der Waals surface area (Å²) in [5, 5.41) is 15.0. The van der Waals surface area contributed by atoms with E-state index in [2.05, 4.69) is 15.3 Å². The van der Waals surface area contributed by atoms with E-state index in [1.807, 2.05) is 0 Å². The summed E-state index contributed by atoms with van der Waals surface area (Å²) in [5.74, 6) is -0.366. The second-order valence-electron chi connectivity index (χ2n) is 5.81. The van der Waals surface area contributed by atoms with Gasteiger partial charge in [-0.2, -0.15) is 0 Å². The maximum Gasteiger partial charge on any atom is 0.272 e. The summed E-state index contributed by atoms with van der Waals surface area (Å²) >= 11 is 0. The zero-order valence-electron chi connectivity index (χ0n) is 13.3. The number of rotatable bonds is 4. The minimum atomic E-state index is -0.480. The third-order valence-corrected chi connectivity index (χ3v) is 4.09. The van der Waals surface area contributed by atoms with Crippen LogP contribution in [0.1, 0.15) is 21.0 Å². The van der Waals surface area contributed by atoms with Crippen molar-refractivity contribution in [2.45, 2.75) is 0 Å². The van der Waals surface area contributed by atoms with E-state index in [1.54, 1.807) is 36.4 Å². The Kier molecular flexibility index (Phi) is 3.51. The van der Waals surface area contributed by atoms with Crippen LogP contribution in [-0.2, 0) is 0 Å². The van der Waals surface area contributed by atoms with Crippen LogP contribution in [0.15, 0.2) is 48.5 Å². The van der Waals surface area contributed by atoms with Crippen molar-refractivity contribution in [3.05, 3.63) is 70.0 Å². The van der Waals surface area contributed by atoms with Crippen LogP contribution in [0.25, 0.3) is 21.8 Å². The molecular formula is C18H12N4O4. The molecule has 0 saturated carbocycles. The Morgan fingerprint density at radius 1 is 1.00 bits per heavy atom. The molecule has 0 spiro atoms. The zero-order valence-corrected chi connectivity index (χ0v) is 13.3. The molecule has 8 heteroatoms. The lowest BCUT2D eigenvalue weighted by atomic mass is 10.2. The number of nitrogens with one attached hydrogen (secondary N) is 3.